The Morgan fingerprint density at radius 2 is 2.21 bits per heavy atom. The predicted molar refractivity (Wildman–Crippen MR) is 60.6 cm³/mol. The number of halogens is 1. The van der Waals surface area contributed by atoms with Crippen molar-refractivity contribution in [1.82, 2.24) is 0 Å². The molecule has 0 bridgehead atoms. The van der Waals surface area contributed by atoms with Gasteiger partial charge in [0.25, 0.3) is 0 Å². The van der Waals surface area contributed by atoms with Gasteiger partial charge >= 0.3 is 0 Å². The molecule has 0 amide bonds. The van der Waals surface area contributed by atoms with Gasteiger partial charge in [0.2, 0.25) is 0 Å². The van der Waals surface area contributed by atoms with Crippen molar-refractivity contribution in [2.45, 2.75) is 25.2 Å². The summed E-state index contributed by atoms with van der Waals surface area (Å²) >= 11 is 5.99. The molecule has 0 spiro atoms. The number of rotatable bonds is 3. The van der Waals surface area contributed by atoms with Gasteiger partial charge in [-0.2, -0.15) is 0 Å². The van der Waals surface area contributed by atoms with E-state index in [-0.39, 0.29) is 5.41 Å². The smallest absolute Gasteiger partial charge is 0.0408 e. The van der Waals surface area contributed by atoms with E-state index < -0.39 is 0 Å². The van der Waals surface area contributed by atoms with E-state index in [0.717, 1.165) is 10.9 Å². The molecule has 1 nitrogen and oxygen atoms in total. The number of nitrogens with two attached hydrogens (primary N) is 1. The van der Waals surface area contributed by atoms with Crippen molar-refractivity contribution in [3.05, 3.63) is 34.9 Å². The van der Waals surface area contributed by atoms with Gasteiger partial charge in [0, 0.05) is 17.0 Å². The third-order valence-electron chi connectivity index (χ3n) is 3.39. The Bertz CT molecular complexity index is 333. The zero-order valence-corrected chi connectivity index (χ0v) is 9.22. The molecule has 1 unspecified atom stereocenters. The van der Waals surface area contributed by atoms with Gasteiger partial charge < -0.3 is 5.73 Å². The first-order valence-electron chi connectivity index (χ1n) is 5.13. The summed E-state index contributed by atoms with van der Waals surface area (Å²) in [6.07, 6.45) is 2.61. The maximum atomic E-state index is 5.99. The van der Waals surface area contributed by atoms with Crippen LogP contribution >= 0.6 is 11.6 Å². The fourth-order valence-corrected chi connectivity index (χ4v) is 2.27. The van der Waals surface area contributed by atoms with E-state index in [0.29, 0.717) is 6.54 Å². The van der Waals surface area contributed by atoms with E-state index in [1.165, 1.54) is 18.4 Å². The van der Waals surface area contributed by atoms with E-state index in [2.05, 4.69) is 13.0 Å². The Morgan fingerprint density at radius 3 is 2.71 bits per heavy atom. The molecule has 1 aromatic carbocycles. The lowest BCUT2D eigenvalue weighted by atomic mass is 9.78. The average molecular weight is 210 g/mol. The minimum absolute atomic E-state index is 0.130. The second-order valence-electron chi connectivity index (χ2n) is 4.41. The molecule has 1 aliphatic rings. The zero-order chi connectivity index (χ0) is 10.2. The Hall–Kier alpha value is -0.530. The molecule has 1 fully saturated rings. The lowest BCUT2D eigenvalue weighted by Crippen LogP contribution is -2.34. The molecule has 2 N–H and O–H groups in total. The highest BCUT2D eigenvalue weighted by Crippen LogP contribution is 2.46. The van der Waals surface area contributed by atoms with Crippen LogP contribution < -0.4 is 5.73 Å². The first kappa shape index (κ1) is 10.0. The second kappa shape index (κ2) is 3.56. The summed E-state index contributed by atoms with van der Waals surface area (Å²) in [6.45, 7) is 2.95. The van der Waals surface area contributed by atoms with E-state index in [1.807, 2.05) is 18.2 Å². The first-order valence-corrected chi connectivity index (χ1v) is 5.51. The molecular formula is C12H16ClN. The topological polar surface area (TPSA) is 26.0 Å². The lowest BCUT2D eigenvalue weighted by molar-refractivity contribution is 0.420. The Labute approximate surface area is 90.3 Å². The minimum atomic E-state index is 0.130. The van der Waals surface area contributed by atoms with Crippen LogP contribution in [-0.4, -0.2) is 6.54 Å². The van der Waals surface area contributed by atoms with Crippen LogP contribution in [0, 0.1) is 5.92 Å². The molecule has 1 aromatic rings. The Balaban J connectivity index is 2.35. The van der Waals surface area contributed by atoms with Crippen LogP contribution in [0.15, 0.2) is 24.3 Å². The molecule has 1 saturated carbocycles. The summed E-state index contributed by atoms with van der Waals surface area (Å²) in [7, 11) is 0. The van der Waals surface area contributed by atoms with Gasteiger partial charge in [-0.1, -0.05) is 30.7 Å². The molecule has 2 rings (SSSR count). The molecule has 14 heavy (non-hydrogen) atoms. The maximum Gasteiger partial charge on any atom is 0.0408 e. The van der Waals surface area contributed by atoms with Crippen molar-refractivity contribution in [3.8, 4) is 0 Å². The quantitative estimate of drug-likeness (QED) is 0.814. The van der Waals surface area contributed by atoms with Crippen molar-refractivity contribution < 1.29 is 0 Å². The molecule has 1 aliphatic carbocycles. The average Bonchev–Trinajstić information content (AvgIpc) is 3.00. The van der Waals surface area contributed by atoms with Crippen molar-refractivity contribution >= 4 is 11.6 Å². The summed E-state index contributed by atoms with van der Waals surface area (Å²) in [6, 6.07) is 8.10. The van der Waals surface area contributed by atoms with Gasteiger partial charge in [0.05, 0.1) is 0 Å². The van der Waals surface area contributed by atoms with Crippen LogP contribution in [0.3, 0.4) is 0 Å². The largest absolute Gasteiger partial charge is 0.330 e. The third kappa shape index (κ3) is 1.67. The summed E-state index contributed by atoms with van der Waals surface area (Å²) in [5.41, 5.74) is 7.30. The molecule has 0 saturated heterocycles. The summed E-state index contributed by atoms with van der Waals surface area (Å²) < 4.78 is 0. The third-order valence-corrected chi connectivity index (χ3v) is 3.62. The van der Waals surface area contributed by atoms with Crippen LogP contribution in [-0.2, 0) is 5.41 Å². The van der Waals surface area contributed by atoms with Gasteiger partial charge in [0.15, 0.2) is 0 Å². The van der Waals surface area contributed by atoms with Gasteiger partial charge in [-0.25, -0.2) is 0 Å². The zero-order valence-electron chi connectivity index (χ0n) is 8.46. The van der Waals surface area contributed by atoms with Crippen molar-refractivity contribution in [1.29, 1.82) is 0 Å². The molecule has 1 atom stereocenters. The second-order valence-corrected chi connectivity index (χ2v) is 4.84. The molecule has 2 heteroatoms. The van der Waals surface area contributed by atoms with Gasteiger partial charge in [-0.3, -0.25) is 0 Å². The summed E-state index contributed by atoms with van der Waals surface area (Å²) in [4.78, 5) is 0. The molecule has 0 radical (unpaired) electrons. The molecular weight excluding hydrogens is 194 g/mol. The van der Waals surface area contributed by atoms with Crippen molar-refractivity contribution in [2.75, 3.05) is 6.54 Å². The molecule has 0 heterocycles. The van der Waals surface area contributed by atoms with Gasteiger partial charge in [-0.05, 0) is 36.5 Å². The molecule has 0 aromatic heterocycles. The van der Waals surface area contributed by atoms with E-state index >= 15 is 0 Å². The fraction of sp³-hybridized carbons (Fsp3) is 0.500. The summed E-state index contributed by atoms with van der Waals surface area (Å²) in [5.74, 6) is 0.756. The van der Waals surface area contributed by atoms with E-state index in [4.69, 9.17) is 17.3 Å². The van der Waals surface area contributed by atoms with E-state index in [9.17, 15) is 0 Å². The van der Waals surface area contributed by atoms with Crippen LogP contribution in [0.5, 0.6) is 0 Å². The van der Waals surface area contributed by atoms with Crippen molar-refractivity contribution in [2.24, 2.45) is 11.7 Å². The predicted octanol–water partition coefficient (Wildman–Crippen LogP) is 2.97. The number of hydrogen-bond acceptors (Lipinski definition) is 1. The highest BCUT2D eigenvalue weighted by atomic mass is 35.5. The van der Waals surface area contributed by atoms with Crippen LogP contribution in [0.2, 0.25) is 5.02 Å². The fourth-order valence-electron chi connectivity index (χ4n) is 2.08. The molecule has 0 aliphatic heterocycles. The monoisotopic (exact) mass is 209 g/mol. The Morgan fingerprint density at radius 1 is 1.50 bits per heavy atom. The normalized spacial score (nSPS) is 20.5. The van der Waals surface area contributed by atoms with E-state index in [1.54, 1.807) is 0 Å². The number of benzene rings is 1. The summed E-state index contributed by atoms with van der Waals surface area (Å²) in [5, 5.41) is 0.808. The first-order chi connectivity index (χ1) is 6.66. The maximum absolute atomic E-state index is 5.99. The SMILES string of the molecule is CC(CN)(c1cccc(Cl)c1)C1CC1. The van der Waals surface area contributed by atoms with Gasteiger partial charge in [-0.15, -0.1) is 0 Å². The standard InChI is InChI=1S/C12H16ClN/c1-12(8-14,9-5-6-9)10-3-2-4-11(13)7-10/h2-4,7,9H,5-6,8,14H2,1H3. The van der Waals surface area contributed by atoms with Crippen molar-refractivity contribution in [3.63, 3.8) is 0 Å². The Kier molecular flexibility index (Phi) is 2.54. The van der Waals surface area contributed by atoms with Crippen LogP contribution in [0.1, 0.15) is 25.3 Å². The minimum Gasteiger partial charge on any atom is -0.330 e. The number of hydrogen-bond donors (Lipinski definition) is 1. The van der Waals surface area contributed by atoms with Crippen LogP contribution in [0.25, 0.3) is 0 Å². The highest BCUT2D eigenvalue weighted by molar-refractivity contribution is 6.30. The lowest BCUT2D eigenvalue weighted by Gasteiger charge is -2.28. The highest BCUT2D eigenvalue weighted by Gasteiger charge is 2.41. The van der Waals surface area contributed by atoms with Gasteiger partial charge in [0.1, 0.15) is 0 Å². The molecule has 76 valence electrons. The van der Waals surface area contributed by atoms with Crippen LogP contribution in [0.4, 0.5) is 0 Å².